The van der Waals surface area contributed by atoms with Gasteiger partial charge in [-0.25, -0.2) is 10.5 Å². The average Bonchev–Trinajstić information content (AvgIpc) is 3.23. The number of ether oxygens (including phenoxy) is 1. The van der Waals surface area contributed by atoms with E-state index < -0.39 is 31.4 Å². The molecule has 0 saturated carbocycles. The van der Waals surface area contributed by atoms with Crippen molar-refractivity contribution in [2.24, 2.45) is 20.5 Å². The Morgan fingerprint density at radius 2 is 1.45 bits per heavy atom. The molecular weight excluding hydrogens is 849 g/mol. The standard InChI is InChI=1S/C37H28N6O14S3/c1-53-32-20-29(40-42-36-34(59-57-55-49)16-23-15-25(12-14-28(23)37(36)45)38-24-5-3-2-4-6-24)31(44)19-30(32)41-39-26-11-9-21(33(17-26)58-56-54-48)7-8-22-10-13-27(43(46)47)18-35(22)60(50,51)52/h2-20,38,44-45,48-49H,1H3,(H,50,51,52). The molecule has 0 aliphatic heterocycles. The minimum atomic E-state index is -4.84. The number of hydrogen-bond acceptors (Lipinski definition) is 20. The van der Waals surface area contributed by atoms with Crippen molar-refractivity contribution in [3.63, 3.8) is 0 Å². The number of nitrogens with zero attached hydrogens (tertiary/aromatic N) is 5. The van der Waals surface area contributed by atoms with E-state index in [-0.39, 0.29) is 49.6 Å². The van der Waals surface area contributed by atoms with Gasteiger partial charge in [0.1, 0.15) is 33.5 Å². The molecule has 0 unspecified atom stereocenters. The summed E-state index contributed by atoms with van der Waals surface area (Å²) in [7, 11) is -3.51. The van der Waals surface area contributed by atoms with E-state index >= 15 is 0 Å². The monoisotopic (exact) mass is 876 g/mol. The molecule has 0 spiro atoms. The Labute approximate surface area is 347 Å². The molecule has 0 fully saturated rings. The Kier molecular flexibility index (Phi) is 14.0. The van der Waals surface area contributed by atoms with Crippen LogP contribution in [0.15, 0.2) is 138 Å². The van der Waals surface area contributed by atoms with E-state index in [1.54, 1.807) is 24.3 Å². The number of fused-ring (bicyclic) bond motifs is 1. The van der Waals surface area contributed by atoms with Gasteiger partial charge in [-0.3, -0.25) is 14.7 Å². The van der Waals surface area contributed by atoms with Crippen LogP contribution < -0.4 is 10.1 Å². The van der Waals surface area contributed by atoms with Gasteiger partial charge in [-0.05, 0) is 71.1 Å². The van der Waals surface area contributed by atoms with Crippen molar-refractivity contribution in [3.05, 3.63) is 124 Å². The number of nitro groups is 1. The van der Waals surface area contributed by atoms with Gasteiger partial charge in [0.2, 0.25) is 0 Å². The summed E-state index contributed by atoms with van der Waals surface area (Å²) in [6.07, 6.45) is 2.68. The SMILES string of the molecule is COc1cc(N=Nc2c(SOOO)cc3cc(Nc4ccccc4)ccc3c2O)c(O)cc1N=Nc1ccc(C=Cc2ccc([N+](=O)[O-])cc2S(=O)(=O)O)c(SOOO)c1. The van der Waals surface area contributed by atoms with Crippen molar-refractivity contribution in [3.8, 4) is 17.2 Å². The third-order valence-electron chi connectivity index (χ3n) is 8.15. The van der Waals surface area contributed by atoms with E-state index in [1.807, 2.05) is 30.3 Å². The van der Waals surface area contributed by atoms with E-state index in [9.17, 15) is 33.3 Å². The highest BCUT2D eigenvalue weighted by atomic mass is 32.2. The fourth-order valence-electron chi connectivity index (χ4n) is 5.44. The fourth-order valence-corrected chi connectivity index (χ4v) is 7.14. The largest absolute Gasteiger partial charge is 0.506 e. The highest BCUT2D eigenvalue weighted by molar-refractivity contribution is 7.95. The molecular formula is C37H28N6O14S3. The maximum Gasteiger partial charge on any atom is 0.295 e. The summed E-state index contributed by atoms with van der Waals surface area (Å²) in [5, 5.41) is 79.3. The van der Waals surface area contributed by atoms with Crippen LogP contribution >= 0.6 is 24.1 Å². The molecule has 0 bridgehead atoms. The van der Waals surface area contributed by atoms with Gasteiger partial charge in [0.05, 0.1) is 46.7 Å². The molecule has 20 nitrogen and oxygen atoms in total. The van der Waals surface area contributed by atoms with E-state index in [1.165, 1.54) is 49.6 Å². The molecule has 0 heterocycles. The summed E-state index contributed by atoms with van der Waals surface area (Å²) in [6.45, 7) is 0. The smallest absolute Gasteiger partial charge is 0.295 e. The van der Waals surface area contributed by atoms with Crippen molar-refractivity contribution >= 4 is 96.9 Å². The van der Waals surface area contributed by atoms with Gasteiger partial charge >= 0.3 is 0 Å². The van der Waals surface area contributed by atoms with Crippen LogP contribution in [-0.4, -0.2) is 45.7 Å². The van der Waals surface area contributed by atoms with Gasteiger partial charge in [0.15, 0.2) is 5.75 Å². The first kappa shape index (κ1) is 43.1. The lowest BCUT2D eigenvalue weighted by Gasteiger charge is -2.12. The second kappa shape index (κ2) is 19.5. The van der Waals surface area contributed by atoms with Gasteiger partial charge in [0, 0.05) is 45.9 Å². The first-order valence-electron chi connectivity index (χ1n) is 16.6. The summed E-state index contributed by atoms with van der Waals surface area (Å²) in [5.41, 5.74) is 1.40. The Morgan fingerprint density at radius 1 is 0.750 bits per heavy atom. The Balaban J connectivity index is 1.27. The van der Waals surface area contributed by atoms with Crippen LogP contribution in [-0.2, 0) is 28.9 Å². The van der Waals surface area contributed by atoms with Crippen LogP contribution in [0.2, 0.25) is 0 Å². The minimum absolute atomic E-state index is 0.0520. The van der Waals surface area contributed by atoms with E-state index in [0.717, 1.165) is 29.6 Å². The van der Waals surface area contributed by atoms with E-state index in [0.29, 0.717) is 40.4 Å². The molecule has 6 aromatic carbocycles. The number of phenols is 2. The average molecular weight is 877 g/mol. The van der Waals surface area contributed by atoms with Crippen LogP contribution in [0, 0.1) is 10.1 Å². The van der Waals surface area contributed by atoms with Gasteiger partial charge in [-0.2, -0.15) is 13.5 Å². The maximum absolute atomic E-state index is 12.0. The van der Waals surface area contributed by atoms with Crippen LogP contribution in [0.3, 0.4) is 0 Å². The lowest BCUT2D eigenvalue weighted by molar-refractivity contribution is -0.432. The number of anilines is 2. The number of nitro benzene ring substituents is 1. The predicted octanol–water partition coefficient (Wildman–Crippen LogP) is 11.0. The fraction of sp³-hybridized carbons (Fsp3) is 0.0270. The number of non-ortho nitro benzene ring substituents is 1. The number of benzene rings is 6. The summed E-state index contributed by atoms with van der Waals surface area (Å²) in [4.78, 5) is 10.1. The van der Waals surface area contributed by atoms with E-state index in [2.05, 4.69) is 44.5 Å². The zero-order valence-corrected chi connectivity index (χ0v) is 32.8. The lowest BCUT2D eigenvalue weighted by Crippen LogP contribution is -2.02. The Morgan fingerprint density at radius 3 is 2.15 bits per heavy atom. The first-order valence-corrected chi connectivity index (χ1v) is 19.5. The van der Waals surface area contributed by atoms with Crippen molar-refractivity contribution in [1.29, 1.82) is 0 Å². The van der Waals surface area contributed by atoms with Crippen LogP contribution in [0.25, 0.3) is 22.9 Å². The molecule has 0 atom stereocenters. The number of phenolic OH excluding ortho intramolecular Hbond substituents is 2. The number of para-hydroxylation sites is 1. The molecule has 6 N–H and O–H groups in total. The predicted molar refractivity (Wildman–Crippen MR) is 218 cm³/mol. The second-order valence-corrected chi connectivity index (χ2v) is 14.7. The number of nitrogens with one attached hydrogen (secondary N) is 1. The number of methoxy groups -OCH3 is 1. The normalized spacial score (nSPS) is 11.9. The molecule has 23 heteroatoms. The van der Waals surface area contributed by atoms with Crippen LogP contribution in [0.4, 0.5) is 39.8 Å². The van der Waals surface area contributed by atoms with Crippen LogP contribution in [0.5, 0.6) is 17.2 Å². The number of aromatic hydroxyl groups is 2. The van der Waals surface area contributed by atoms with Gasteiger partial charge < -0.3 is 20.3 Å². The summed E-state index contributed by atoms with van der Waals surface area (Å²) < 4.78 is 48.2. The van der Waals surface area contributed by atoms with Gasteiger partial charge in [0.25, 0.3) is 15.8 Å². The zero-order valence-electron chi connectivity index (χ0n) is 30.3. The van der Waals surface area contributed by atoms with Crippen molar-refractivity contribution in [1.82, 2.24) is 0 Å². The molecule has 0 radical (unpaired) electrons. The molecule has 0 aromatic heterocycles. The quantitative estimate of drug-likeness (QED) is 0.00944. The zero-order chi connectivity index (χ0) is 42.8. The number of azo groups is 2. The molecule has 0 saturated heterocycles. The Hall–Kier alpha value is -6.51. The third-order valence-corrected chi connectivity index (χ3v) is 10.3. The first-order chi connectivity index (χ1) is 28.9. The second-order valence-electron chi connectivity index (χ2n) is 11.9. The van der Waals surface area contributed by atoms with E-state index in [4.69, 9.17) is 15.3 Å². The Bertz CT molecular complexity index is 2760. The molecule has 0 aliphatic rings. The van der Waals surface area contributed by atoms with Crippen LogP contribution in [0.1, 0.15) is 11.1 Å². The summed E-state index contributed by atoms with van der Waals surface area (Å²) in [6, 6.07) is 26.2. The van der Waals surface area contributed by atoms with Crippen molar-refractivity contribution in [2.45, 2.75) is 14.7 Å². The van der Waals surface area contributed by atoms with Crippen molar-refractivity contribution < 1.29 is 62.1 Å². The number of rotatable bonds is 17. The highest BCUT2D eigenvalue weighted by Gasteiger charge is 2.20. The highest BCUT2D eigenvalue weighted by Crippen LogP contribution is 2.46. The molecule has 6 aromatic rings. The molecule has 60 heavy (non-hydrogen) atoms. The third kappa shape index (κ3) is 10.6. The minimum Gasteiger partial charge on any atom is -0.506 e. The molecule has 0 amide bonds. The van der Waals surface area contributed by atoms with Gasteiger partial charge in [-0.1, -0.05) is 46.5 Å². The molecule has 308 valence electrons. The topological polar surface area (TPSA) is 286 Å². The summed E-state index contributed by atoms with van der Waals surface area (Å²) >= 11 is 1.08. The number of hydrogen-bond donors (Lipinski definition) is 6. The molecule has 0 aliphatic carbocycles. The maximum atomic E-state index is 12.0. The van der Waals surface area contributed by atoms with Crippen molar-refractivity contribution in [2.75, 3.05) is 12.4 Å². The summed E-state index contributed by atoms with van der Waals surface area (Å²) in [5.74, 6) is -0.593. The molecule has 6 rings (SSSR count). The van der Waals surface area contributed by atoms with Gasteiger partial charge in [-0.15, -0.1) is 24.0 Å². The lowest BCUT2D eigenvalue weighted by atomic mass is 10.1.